The minimum Gasteiger partial charge on any atom is -0.322 e. The summed E-state index contributed by atoms with van der Waals surface area (Å²) in [5, 5.41) is 6.69. The predicted octanol–water partition coefficient (Wildman–Crippen LogP) is 4.10. The Morgan fingerprint density at radius 2 is 2.00 bits per heavy atom. The molecule has 1 amide bonds. The predicted molar refractivity (Wildman–Crippen MR) is 90.1 cm³/mol. The molecule has 0 bridgehead atoms. The maximum Gasteiger partial charge on any atom is 0.416 e. The molecule has 0 saturated carbocycles. The average Bonchev–Trinajstić information content (AvgIpc) is 3.06. The van der Waals surface area contributed by atoms with Crippen LogP contribution in [0, 0.1) is 0 Å². The molecule has 0 aliphatic heterocycles. The van der Waals surface area contributed by atoms with Crippen molar-refractivity contribution in [3.63, 3.8) is 0 Å². The summed E-state index contributed by atoms with van der Waals surface area (Å²) >= 11 is 0. The Bertz CT molecular complexity index is 920. The fourth-order valence-electron chi connectivity index (χ4n) is 2.55. The van der Waals surface area contributed by atoms with Crippen molar-refractivity contribution < 1.29 is 18.0 Å². The molecule has 1 N–H and O–H groups in total. The van der Waals surface area contributed by atoms with E-state index in [1.54, 1.807) is 29.1 Å². The van der Waals surface area contributed by atoms with Crippen LogP contribution >= 0.6 is 0 Å². The number of aromatic nitrogens is 3. The summed E-state index contributed by atoms with van der Waals surface area (Å²) in [6.07, 6.45) is -0.976. The molecule has 3 rings (SSSR count). The normalized spacial score (nSPS) is 11.4. The van der Waals surface area contributed by atoms with E-state index >= 15 is 0 Å². The number of alkyl halides is 3. The lowest BCUT2D eigenvalue weighted by Gasteiger charge is -2.10. The average molecular weight is 360 g/mol. The highest BCUT2D eigenvalue weighted by Crippen LogP contribution is 2.30. The fourth-order valence-corrected chi connectivity index (χ4v) is 2.55. The van der Waals surface area contributed by atoms with Gasteiger partial charge in [0.25, 0.3) is 5.91 Å². The molecule has 0 radical (unpaired) electrons. The smallest absolute Gasteiger partial charge is 0.322 e. The minimum absolute atomic E-state index is 0.0671. The number of amides is 1. The highest BCUT2D eigenvalue weighted by molar-refractivity contribution is 6.05. The third kappa shape index (κ3) is 3.58. The Morgan fingerprint density at radius 3 is 2.65 bits per heavy atom. The first-order valence-electron chi connectivity index (χ1n) is 7.87. The number of pyridine rings is 1. The maximum absolute atomic E-state index is 12.8. The number of nitrogens with one attached hydrogen (secondary N) is 1. The van der Waals surface area contributed by atoms with Crippen LogP contribution in [0.4, 0.5) is 18.9 Å². The van der Waals surface area contributed by atoms with E-state index in [-0.39, 0.29) is 11.3 Å². The number of carbonyl (C=O) groups excluding carboxylic acids is 1. The van der Waals surface area contributed by atoms with Crippen LogP contribution in [0.1, 0.15) is 28.5 Å². The number of hydrogen-bond donors (Lipinski definition) is 1. The van der Waals surface area contributed by atoms with Crippen molar-refractivity contribution >= 4 is 11.6 Å². The van der Waals surface area contributed by atoms with Gasteiger partial charge in [-0.05, 0) is 36.8 Å². The lowest BCUT2D eigenvalue weighted by atomic mass is 10.1. The third-order valence-corrected chi connectivity index (χ3v) is 3.76. The summed E-state index contributed by atoms with van der Waals surface area (Å²) in [4.78, 5) is 16.7. The summed E-state index contributed by atoms with van der Waals surface area (Å²) in [5.74, 6) is 0.0332. The molecule has 0 spiro atoms. The lowest BCUT2D eigenvalue weighted by molar-refractivity contribution is -0.137. The van der Waals surface area contributed by atoms with Crippen LogP contribution in [0.3, 0.4) is 0 Å². The van der Waals surface area contributed by atoms with Crippen LogP contribution in [0.5, 0.6) is 0 Å². The maximum atomic E-state index is 12.8. The van der Waals surface area contributed by atoms with Gasteiger partial charge in [-0.15, -0.1) is 0 Å². The Morgan fingerprint density at radius 1 is 1.19 bits per heavy atom. The molecule has 5 nitrogen and oxygen atoms in total. The van der Waals surface area contributed by atoms with Crippen molar-refractivity contribution in [3.8, 4) is 5.82 Å². The van der Waals surface area contributed by atoms with Gasteiger partial charge in [0.1, 0.15) is 0 Å². The molecule has 2 aromatic heterocycles. The molecule has 1 aromatic carbocycles. The van der Waals surface area contributed by atoms with Crippen molar-refractivity contribution in [1.82, 2.24) is 14.8 Å². The van der Waals surface area contributed by atoms with E-state index in [4.69, 9.17) is 0 Å². The van der Waals surface area contributed by atoms with E-state index in [9.17, 15) is 18.0 Å². The third-order valence-electron chi connectivity index (χ3n) is 3.76. The van der Waals surface area contributed by atoms with Crippen molar-refractivity contribution in [2.75, 3.05) is 5.32 Å². The second-order valence-corrected chi connectivity index (χ2v) is 5.49. The molecule has 0 aliphatic rings. The van der Waals surface area contributed by atoms with Crippen molar-refractivity contribution in [2.24, 2.45) is 0 Å². The zero-order valence-electron chi connectivity index (χ0n) is 13.8. The molecule has 8 heteroatoms. The van der Waals surface area contributed by atoms with Gasteiger partial charge in [-0.3, -0.25) is 4.79 Å². The Labute approximate surface area is 147 Å². The van der Waals surface area contributed by atoms with Gasteiger partial charge in [-0.25, -0.2) is 9.67 Å². The molecule has 0 fully saturated rings. The van der Waals surface area contributed by atoms with E-state index in [1.807, 2.05) is 6.92 Å². The van der Waals surface area contributed by atoms with E-state index in [0.717, 1.165) is 12.1 Å². The van der Waals surface area contributed by atoms with Gasteiger partial charge in [0.15, 0.2) is 5.82 Å². The summed E-state index contributed by atoms with van der Waals surface area (Å²) < 4.78 is 40.0. The quantitative estimate of drug-likeness (QED) is 0.762. The largest absolute Gasteiger partial charge is 0.416 e. The first-order valence-corrected chi connectivity index (χ1v) is 7.87. The summed E-state index contributed by atoms with van der Waals surface area (Å²) in [6, 6.07) is 9.81. The highest BCUT2D eigenvalue weighted by atomic mass is 19.4. The Balaban J connectivity index is 1.89. The van der Waals surface area contributed by atoms with Gasteiger partial charge in [0, 0.05) is 11.9 Å². The molecule has 26 heavy (non-hydrogen) atoms. The fraction of sp³-hybridized carbons (Fsp3) is 0.167. The highest BCUT2D eigenvalue weighted by Gasteiger charge is 2.30. The molecule has 0 aliphatic carbocycles. The van der Waals surface area contributed by atoms with Gasteiger partial charge in [0.2, 0.25) is 0 Å². The van der Waals surface area contributed by atoms with Crippen LogP contribution in [0.2, 0.25) is 0 Å². The van der Waals surface area contributed by atoms with Gasteiger partial charge < -0.3 is 5.32 Å². The topological polar surface area (TPSA) is 59.8 Å². The van der Waals surface area contributed by atoms with Gasteiger partial charge >= 0.3 is 6.18 Å². The zero-order valence-corrected chi connectivity index (χ0v) is 13.8. The molecule has 3 aromatic rings. The Hall–Kier alpha value is -3.16. The molecule has 0 saturated heterocycles. The molecular formula is C18H15F3N4O. The van der Waals surface area contributed by atoms with Gasteiger partial charge in [0.05, 0.1) is 23.0 Å². The standard InChI is InChI=1S/C18H15F3N4O/c1-2-15-14(11-23-25(15)16-8-3-4-9-22-16)17(26)24-13-7-5-6-12(10-13)18(19,20)21/h3-11H,2H2,1H3,(H,24,26). The molecule has 2 heterocycles. The van der Waals surface area contributed by atoms with Gasteiger partial charge in [-0.2, -0.15) is 18.3 Å². The van der Waals surface area contributed by atoms with Crippen LogP contribution in [-0.4, -0.2) is 20.7 Å². The second-order valence-electron chi connectivity index (χ2n) is 5.49. The molecular weight excluding hydrogens is 345 g/mol. The lowest BCUT2D eigenvalue weighted by Crippen LogP contribution is -2.15. The molecule has 0 atom stereocenters. The van der Waals surface area contributed by atoms with Crippen LogP contribution in [-0.2, 0) is 12.6 Å². The van der Waals surface area contributed by atoms with E-state index < -0.39 is 17.6 Å². The molecule has 134 valence electrons. The van der Waals surface area contributed by atoms with Crippen molar-refractivity contribution in [2.45, 2.75) is 19.5 Å². The number of nitrogens with zero attached hydrogens (tertiary/aromatic N) is 3. The van der Waals surface area contributed by atoms with E-state index in [1.165, 1.54) is 18.3 Å². The SMILES string of the molecule is CCc1c(C(=O)Nc2cccc(C(F)(F)F)c2)cnn1-c1ccccn1. The number of halogens is 3. The number of carbonyl (C=O) groups is 1. The number of benzene rings is 1. The number of rotatable bonds is 4. The van der Waals surface area contributed by atoms with Crippen LogP contribution < -0.4 is 5.32 Å². The van der Waals surface area contributed by atoms with Crippen molar-refractivity contribution in [3.05, 3.63) is 71.7 Å². The van der Waals surface area contributed by atoms with Crippen molar-refractivity contribution in [1.29, 1.82) is 0 Å². The summed E-state index contributed by atoms with van der Waals surface area (Å²) in [5.41, 5.74) is 0.149. The number of anilines is 1. The second kappa shape index (κ2) is 6.99. The molecule has 0 unspecified atom stereocenters. The first kappa shape index (κ1) is 17.7. The minimum atomic E-state index is -4.47. The summed E-state index contributed by atoms with van der Waals surface area (Å²) in [7, 11) is 0. The Kier molecular flexibility index (Phi) is 4.75. The first-order chi connectivity index (χ1) is 12.4. The summed E-state index contributed by atoms with van der Waals surface area (Å²) in [6.45, 7) is 1.86. The number of hydrogen-bond acceptors (Lipinski definition) is 3. The monoisotopic (exact) mass is 360 g/mol. The van der Waals surface area contributed by atoms with Gasteiger partial charge in [-0.1, -0.05) is 19.1 Å². The van der Waals surface area contributed by atoms with E-state index in [0.29, 0.717) is 17.9 Å². The zero-order chi connectivity index (χ0) is 18.7. The van der Waals surface area contributed by atoms with Crippen LogP contribution in [0.15, 0.2) is 54.9 Å². The van der Waals surface area contributed by atoms with Crippen LogP contribution in [0.25, 0.3) is 5.82 Å². The van der Waals surface area contributed by atoms with E-state index in [2.05, 4.69) is 15.4 Å².